The van der Waals surface area contributed by atoms with Crippen LogP contribution in [-0.4, -0.2) is 22.6 Å². The van der Waals surface area contributed by atoms with E-state index in [0.717, 1.165) is 4.90 Å². The SMILES string of the molecule is C=CCCc1cc(N([CH2-])C(=O)OCC)c([N+](=O)[O-])c(N)n1.C=C[CH2-].[Y]. The molecule has 1 amide bonds. The normalized spacial score (nSPS) is 8.88. The van der Waals surface area contributed by atoms with Gasteiger partial charge in [-0.3, -0.25) is 10.1 Å². The van der Waals surface area contributed by atoms with E-state index in [1.807, 2.05) is 0 Å². The van der Waals surface area contributed by atoms with Crippen molar-refractivity contribution in [2.45, 2.75) is 19.8 Å². The molecular formula is C16H22N4O4Y-2. The van der Waals surface area contributed by atoms with Crippen LogP contribution in [0.4, 0.5) is 22.0 Å². The minimum absolute atomic E-state index is 0. The van der Waals surface area contributed by atoms with E-state index in [1.165, 1.54) is 12.1 Å². The predicted octanol–water partition coefficient (Wildman–Crippen LogP) is 3.45. The van der Waals surface area contributed by atoms with Crippen molar-refractivity contribution in [3.05, 3.63) is 61.2 Å². The Morgan fingerprint density at radius 1 is 1.56 bits per heavy atom. The van der Waals surface area contributed by atoms with Crippen LogP contribution in [0.5, 0.6) is 0 Å². The average Bonchev–Trinajstić information content (AvgIpc) is 2.52. The number of aryl methyl sites for hydroxylation is 1. The smallest absolute Gasteiger partial charge is 0.384 e. The van der Waals surface area contributed by atoms with Crippen molar-refractivity contribution in [3.8, 4) is 0 Å². The Labute approximate surface area is 173 Å². The van der Waals surface area contributed by atoms with E-state index >= 15 is 0 Å². The number of hydrogen-bond acceptors (Lipinski definition) is 6. The molecule has 0 aliphatic carbocycles. The summed E-state index contributed by atoms with van der Waals surface area (Å²) in [5, 5.41) is 11.1. The zero-order chi connectivity index (χ0) is 18.7. The molecule has 1 aromatic rings. The molecule has 0 saturated carbocycles. The number of ether oxygens (including phenoxy) is 1. The van der Waals surface area contributed by atoms with Gasteiger partial charge in [-0.05, 0) is 25.8 Å². The van der Waals surface area contributed by atoms with Crippen LogP contribution < -0.4 is 10.6 Å². The van der Waals surface area contributed by atoms with Gasteiger partial charge in [0.1, 0.15) is 5.69 Å². The number of carbonyl (C=O) groups excluding carboxylic acids is 1. The van der Waals surface area contributed by atoms with E-state index in [0.29, 0.717) is 18.5 Å². The summed E-state index contributed by atoms with van der Waals surface area (Å²) in [4.78, 5) is 26.9. The molecule has 0 unspecified atom stereocenters. The molecule has 8 nitrogen and oxygen atoms in total. The van der Waals surface area contributed by atoms with E-state index in [4.69, 9.17) is 10.5 Å². The Morgan fingerprint density at radius 2 is 2.12 bits per heavy atom. The van der Waals surface area contributed by atoms with Crippen LogP contribution in [0.3, 0.4) is 0 Å². The summed E-state index contributed by atoms with van der Waals surface area (Å²) in [5.41, 5.74) is 5.60. The third-order valence-corrected chi connectivity index (χ3v) is 2.62. The minimum Gasteiger partial charge on any atom is -0.451 e. The molecule has 1 aromatic heterocycles. The standard InChI is InChI=1S/C13H17N4O4.C3H5.Y/c1-4-6-7-9-8-10(16(3)13(18)21-5-2)11(17(19)20)12(14)15-9;1-3-2;/h4,8H,1,3,5-7H2,2H3,(H2,14,15);3H,1-2H2;/q2*-1;. The third kappa shape index (κ3) is 8.13. The maximum absolute atomic E-state index is 11.7. The Kier molecular flexibility index (Phi) is 13.5. The first-order valence-corrected chi connectivity index (χ1v) is 7.06. The molecule has 0 saturated heterocycles. The van der Waals surface area contributed by atoms with Crippen molar-refractivity contribution in [3.63, 3.8) is 0 Å². The first kappa shape index (κ1) is 25.3. The molecule has 0 aliphatic heterocycles. The minimum atomic E-state index is -0.805. The molecule has 0 aliphatic rings. The maximum atomic E-state index is 11.7. The van der Waals surface area contributed by atoms with Gasteiger partial charge in [-0.25, -0.2) is 36.4 Å². The quantitative estimate of drug-likeness (QED) is 0.325. The zero-order valence-electron chi connectivity index (χ0n) is 14.3. The Hall–Kier alpha value is -1.93. The van der Waals surface area contributed by atoms with Crippen molar-refractivity contribution in [2.24, 2.45) is 0 Å². The van der Waals surface area contributed by atoms with Gasteiger partial charge in [0.15, 0.2) is 0 Å². The summed E-state index contributed by atoms with van der Waals surface area (Å²) in [7, 11) is 3.48. The van der Waals surface area contributed by atoms with Gasteiger partial charge in [-0.1, -0.05) is 6.08 Å². The molecule has 135 valence electrons. The summed E-state index contributed by atoms with van der Waals surface area (Å²) in [6.45, 7) is 11.8. The summed E-state index contributed by atoms with van der Waals surface area (Å²) >= 11 is 0. The molecule has 1 radical (unpaired) electrons. The van der Waals surface area contributed by atoms with Crippen molar-refractivity contribution in [1.82, 2.24) is 4.98 Å². The molecule has 0 aromatic carbocycles. The van der Waals surface area contributed by atoms with Gasteiger partial charge in [0.25, 0.3) is 0 Å². The molecular weight excluding hydrogens is 401 g/mol. The number of anilines is 2. The van der Waals surface area contributed by atoms with Gasteiger partial charge in [0.05, 0.1) is 11.5 Å². The van der Waals surface area contributed by atoms with Crippen LogP contribution in [-0.2, 0) is 43.9 Å². The van der Waals surface area contributed by atoms with E-state index in [1.54, 1.807) is 13.0 Å². The van der Waals surface area contributed by atoms with Crippen LogP contribution in [0.2, 0.25) is 0 Å². The average molecular weight is 423 g/mol. The number of carbonyl (C=O) groups is 1. The number of nitro groups is 1. The molecule has 0 spiro atoms. The summed E-state index contributed by atoms with van der Waals surface area (Å²) < 4.78 is 4.78. The van der Waals surface area contributed by atoms with Gasteiger partial charge in [-0.15, -0.1) is 6.58 Å². The first-order valence-electron chi connectivity index (χ1n) is 7.06. The fourth-order valence-electron chi connectivity index (χ4n) is 1.67. The molecule has 0 fully saturated rings. The van der Waals surface area contributed by atoms with E-state index in [9.17, 15) is 14.9 Å². The Balaban J connectivity index is 0. The topological polar surface area (TPSA) is 112 Å². The number of nitrogen functional groups attached to an aromatic ring is 1. The summed E-state index contributed by atoms with van der Waals surface area (Å²) in [6, 6.07) is 1.40. The largest absolute Gasteiger partial charge is 0.451 e. The van der Waals surface area contributed by atoms with Crippen LogP contribution in [0.1, 0.15) is 19.0 Å². The number of allylic oxidation sites excluding steroid dienone is 2. The predicted molar refractivity (Wildman–Crippen MR) is 94.2 cm³/mol. The Morgan fingerprint density at radius 3 is 2.56 bits per heavy atom. The van der Waals surface area contributed by atoms with Crippen molar-refractivity contribution in [1.29, 1.82) is 0 Å². The molecule has 1 heterocycles. The fourth-order valence-corrected chi connectivity index (χ4v) is 1.67. The molecule has 0 bridgehead atoms. The summed E-state index contributed by atoms with van der Waals surface area (Å²) in [5.74, 6) is -0.269. The van der Waals surface area contributed by atoms with E-state index in [2.05, 4.69) is 32.1 Å². The van der Waals surface area contributed by atoms with Crippen molar-refractivity contribution in [2.75, 3.05) is 17.2 Å². The number of aromatic nitrogens is 1. The van der Waals surface area contributed by atoms with Gasteiger partial charge < -0.3 is 15.4 Å². The number of rotatable bonds is 6. The molecule has 0 atom stereocenters. The van der Waals surface area contributed by atoms with Gasteiger partial charge >= 0.3 is 11.8 Å². The van der Waals surface area contributed by atoms with Crippen LogP contribution in [0.25, 0.3) is 0 Å². The molecule has 1 rings (SSSR count). The number of hydrogen-bond donors (Lipinski definition) is 1. The van der Waals surface area contributed by atoms with Gasteiger partial charge in [-0.2, -0.15) is 0 Å². The summed E-state index contributed by atoms with van der Waals surface area (Å²) in [6.07, 6.45) is 3.50. The number of nitrogens with two attached hydrogens (primary N) is 1. The number of amides is 1. The Bertz CT molecular complexity index is 608. The molecule has 9 heteroatoms. The fraction of sp³-hybridized carbons (Fsp3) is 0.250. The van der Waals surface area contributed by atoms with Crippen molar-refractivity contribution < 1.29 is 47.2 Å². The molecule has 25 heavy (non-hydrogen) atoms. The second-order valence-electron chi connectivity index (χ2n) is 4.37. The zero-order valence-corrected chi connectivity index (χ0v) is 17.1. The third-order valence-electron chi connectivity index (χ3n) is 2.62. The van der Waals surface area contributed by atoms with Gasteiger partial charge in [0.2, 0.25) is 5.82 Å². The maximum Gasteiger partial charge on any atom is 0.384 e. The first-order chi connectivity index (χ1) is 11.3. The van der Waals surface area contributed by atoms with Crippen LogP contribution in [0.15, 0.2) is 31.4 Å². The van der Waals surface area contributed by atoms with Crippen LogP contribution >= 0.6 is 0 Å². The van der Waals surface area contributed by atoms with Gasteiger partial charge in [0, 0.05) is 38.4 Å². The van der Waals surface area contributed by atoms with E-state index < -0.39 is 16.7 Å². The molecule has 2 N–H and O–H groups in total. The van der Waals surface area contributed by atoms with Crippen molar-refractivity contribution >= 4 is 23.3 Å². The van der Waals surface area contributed by atoms with E-state index in [-0.39, 0.29) is 50.8 Å². The monoisotopic (exact) mass is 423 g/mol. The second kappa shape index (κ2) is 13.4. The number of nitrogens with zero attached hydrogens (tertiary/aromatic N) is 3. The second-order valence-corrected chi connectivity index (χ2v) is 4.37. The van der Waals surface area contributed by atoms with Crippen LogP contribution in [0, 0.1) is 24.1 Å². The number of pyridine rings is 1.